The second kappa shape index (κ2) is 4.47. The van der Waals surface area contributed by atoms with Gasteiger partial charge >= 0.3 is 0 Å². The Hall–Kier alpha value is -2.06. The van der Waals surface area contributed by atoms with E-state index in [0.29, 0.717) is 10.6 Å². The third-order valence-corrected chi connectivity index (χ3v) is 4.54. The Labute approximate surface area is 128 Å². The van der Waals surface area contributed by atoms with Crippen LogP contribution in [0.4, 0.5) is 5.69 Å². The lowest BCUT2D eigenvalue weighted by molar-refractivity contribution is -0.110. The second-order valence-corrected chi connectivity index (χ2v) is 6.11. The van der Waals surface area contributed by atoms with Gasteiger partial charge in [0.15, 0.2) is 0 Å². The summed E-state index contributed by atoms with van der Waals surface area (Å²) in [6.45, 7) is 3.83. The zero-order valence-corrected chi connectivity index (χ0v) is 12.2. The van der Waals surface area contributed by atoms with Crippen LogP contribution in [0.2, 0.25) is 5.02 Å². The van der Waals surface area contributed by atoms with Crippen molar-refractivity contribution in [2.45, 2.75) is 18.8 Å². The maximum atomic E-state index is 11.7. The molecule has 21 heavy (non-hydrogen) atoms. The van der Waals surface area contributed by atoms with Gasteiger partial charge in [0, 0.05) is 16.7 Å². The van der Waals surface area contributed by atoms with Crippen LogP contribution in [0.15, 0.2) is 43.0 Å². The molecule has 0 radical (unpaired) electrons. The molecule has 4 rings (SSSR count). The first kappa shape index (κ1) is 12.7. The number of carbonyl (C=O) groups is 1. The Morgan fingerprint density at radius 2 is 1.81 bits per heavy atom. The number of carbonyl (C=O) groups excluding carboxylic acids is 1. The van der Waals surface area contributed by atoms with Crippen molar-refractivity contribution in [1.82, 2.24) is 0 Å². The fourth-order valence-corrected chi connectivity index (χ4v) is 3.09. The summed E-state index contributed by atoms with van der Waals surface area (Å²) in [5.41, 5.74) is 5.49. The number of fused-ring (bicyclic) bond motifs is 1. The minimum absolute atomic E-state index is 0.151. The first-order valence-electron chi connectivity index (χ1n) is 7.08. The average Bonchev–Trinajstić information content (AvgIpc) is 3.28. The number of hydrogen-bond donors (Lipinski definition) is 1. The van der Waals surface area contributed by atoms with Gasteiger partial charge in [0.25, 0.3) is 5.91 Å². The third kappa shape index (κ3) is 2.07. The van der Waals surface area contributed by atoms with E-state index in [4.69, 9.17) is 11.6 Å². The maximum Gasteiger partial charge on any atom is 0.255 e. The lowest BCUT2D eigenvalue weighted by Gasteiger charge is -2.09. The molecule has 3 heteroatoms. The number of nitrogens with one attached hydrogen (secondary N) is 1. The molecule has 1 saturated carbocycles. The minimum Gasteiger partial charge on any atom is -0.321 e. The van der Waals surface area contributed by atoms with Gasteiger partial charge in [-0.3, -0.25) is 4.79 Å². The Morgan fingerprint density at radius 3 is 2.48 bits per heavy atom. The van der Waals surface area contributed by atoms with Crippen molar-refractivity contribution >= 4 is 28.8 Å². The van der Waals surface area contributed by atoms with Crippen LogP contribution in [0.3, 0.4) is 0 Å². The van der Waals surface area contributed by atoms with Gasteiger partial charge in [-0.15, -0.1) is 0 Å². The molecule has 1 N–H and O–H groups in total. The van der Waals surface area contributed by atoms with Gasteiger partial charge in [-0.05, 0) is 42.0 Å². The Kier molecular flexibility index (Phi) is 2.69. The highest BCUT2D eigenvalue weighted by atomic mass is 35.5. The predicted molar refractivity (Wildman–Crippen MR) is 86.5 cm³/mol. The molecule has 2 aromatic carbocycles. The zero-order valence-electron chi connectivity index (χ0n) is 11.4. The van der Waals surface area contributed by atoms with Gasteiger partial charge in [-0.2, -0.15) is 0 Å². The number of benzene rings is 2. The molecule has 104 valence electrons. The molecule has 1 heterocycles. The van der Waals surface area contributed by atoms with Crippen molar-refractivity contribution < 1.29 is 4.79 Å². The van der Waals surface area contributed by atoms with E-state index in [1.54, 1.807) is 6.07 Å². The van der Waals surface area contributed by atoms with E-state index < -0.39 is 0 Å². The summed E-state index contributed by atoms with van der Waals surface area (Å²) in [7, 11) is 0. The van der Waals surface area contributed by atoms with E-state index in [1.165, 1.54) is 18.4 Å². The standard InChI is InChI=1S/C18H14ClNO/c1-10-14-8-15(16(19)9-17(14)20-18(10)21)13-6-4-12(5-7-13)11-2-3-11/h4-9,11H,1-3H2,(H,20,21). The monoisotopic (exact) mass is 295 g/mol. The predicted octanol–water partition coefficient (Wildman–Crippen LogP) is 4.85. The number of hydrogen-bond acceptors (Lipinski definition) is 1. The number of halogens is 1. The Bertz CT molecular complexity index is 773. The van der Waals surface area contributed by atoms with E-state index in [9.17, 15) is 4.79 Å². The summed E-state index contributed by atoms with van der Waals surface area (Å²) in [5, 5.41) is 3.42. The van der Waals surface area contributed by atoms with Gasteiger partial charge in [-0.25, -0.2) is 0 Å². The topological polar surface area (TPSA) is 29.1 Å². The fourth-order valence-electron chi connectivity index (χ4n) is 2.82. The number of amides is 1. The molecule has 1 amide bonds. The van der Waals surface area contributed by atoms with E-state index in [2.05, 4.69) is 36.2 Å². The summed E-state index contributed by atoms with van der Waals surface area (Å²) in [5.74, 6) is 0.596. The molecule has 2 aliphatic rings. The first-order valence-corrected chi connectivity index (χ1v) is 7.46. The fraction of sp³-hybridized carbons (Fsp3) is 0.167. The van der Waals surface area contributed by atoms with Crippen LogP contribution in [-0.2, 0) is 4.79 Å². The van der Waals surface area contributed by atoms with Gasteiger partial charge in [0.1, 0.15) is 0 Å². The molecule has 0 unspecified atom stereocenters. The lowest BCUT2D eigenvalue weighted by Crippen LogP contribution is -2.02. The van der Waals surface area contributed by atoms with E-state index in [1.807, 2.05) is 6.07 Å². The highest BCUT2D eigenvalue weighted by Gasteiger charge is 2.25. The molecule has 0 aromatic heterocycles. The number of rotatable bonds is 2. The molecular weight excluding hydrogens is 282 g/mol. The van der Waals surface area contributed by atoms with Crippen molar-refractivity contribution in [1.29, 1.82) is 0 Å². The van der Waals surface area contributed by atoms with Crippen LogP contribution < -0.4 is 5.32 Å². The van der Waals surface area contributed by atoms with Crippen LogP contribution in [0.25, 0.3) is 16.7 Å². The second-order valence-electron chi connectivity index (χ2n) is 5.71. The van der Waals surface area contributed by atoms with Crippen LogP contribution in [0.1, 0.15) is 29.9 Å². The summed E-state index contributed by atoms with van der Waals surface area (Å²) in [6.07, 6.45) is 2.60. The molecule has 0 saturated heterocycles. The summed E-state index contributed by atoms with van der Waals surface area (Å²) >= 11 is 6.37. The summed E-state index contributed by atoms with van der Waals surface area (Å²) in [4.78, 5) is 11.7. The molecule has 1 aliphatic heterocycles. The van der Waals surface area contributed by atoms with Crippen molar-refractivity contribution in [3.63, 3.8) is 0 Å². The van der Waals surface area contributed by atoms with E-state index in [0.717, 1.165) is 28.3 Å². The molecule has 0 spiro atoms. The van der Waals surface area contributed by atoms with Crippen molar-refractivity contribution in [3.05, 3.63) is 59.1 Å². The molecule has 1 aliphatic carbocycles. The smallest absolute Gasteiger partial charge is 0.255 e. The first-order chi connectivity index (χ1) is 10.1. The molecule has 2 aromatic rings. The van der Waals surface area contributed by atoms with Gasteiger partial charge in [0.05, 0.1) is 10.7 Å². The van der Waals surface area contributed by atoms with E-state index in [-0.39, 0.29) is 5.91 Å². The van der Waals surface area contributed by atoms with Crippen LogP contribution in [0.5, 0.6) is 0 Å². The van der Waals surface area contributed by atoms with Crippen molar-refractivity contribution in [2.24, 2.45) is 0 Å². The van der Waals surface area contributed by atoms with Crippen molar-refractivity contribution in [2.75, 3.05) is 5.32 Å². The van der Waals surface area contributed by atoms with Gasteiger partial charge in [0.2, 0.25) is 0 Å². The Balaban J connectivity index is 1.78. The quantitative estimate of drug-likeness (QED) is 0.788. The lowest BCUT2D eigenvalue weighted by atomic mass is 9.98. The Morgan fingerprint density at radius 1 is 1.10 bits per heavy atom. The third-order valence-electron chi connectivity index (χ3n) is 4.23. The average molecular weight is 296 g/mol. The highest BCUT2D eigenvalue weighted by molar-refractivity contribution is 6.36. The van der Waals surface area contributed by atoms with Crippen LogP contribution in [-0.4, -0.2) is 5.91 Å². The van der Waals surface area contributed by atoms with Crippen molar-refractivity contribution in [3.8, 4) is 11.1 Å². The molecule has 0 atom stereocenters. The molecular formula is C18H14ClNO. The zero-order chi connectivity index (χ0) is 14.6. The normalized spacial score (nSPS) is 16.8. The molecule has 1 fully saturated rings. The van der Waals surface area contributed by atoms with E-state index >= 15 is 0 Å². The molecule has 0 bridgehead atoms. The van der Waals surface area contributed by atoms with Crippen LogP contribution >= 0.6 is 11.6 Å². The molecule has 2 nitrogen and oxygen atoms in total. The van der Waals surface area contributed by atoms with Gasteiger partial charge in [-0.1, -0.05) is 42.4 Å². The largest absolute Gasteiger partial charge is 0.321 e. The number of anilines is 1. The maximum absolute atomic E-state index is 11.7. The minimum atomic E-state index is -0.151. The summed E-state index contributed by atoms with van der Waals surface area (Å²) in [6, 6.07) is 12.3. The highest BCUT2D eigenvalue weighted by Crippen LogP contribution is 2.42. The SMILES string of the molecule is C=C1C(=O)Nc2cc(Cl)c(-c3ccc(C4CC4)cc3)cc21. The van der Waals surface area contributed by atoms with Crippen LogP contribution in [0, 0.1) is 0 Å². The van der Waals surface area contributed by atoms with Gasteiger partial charge < -0.3 is 5.32 Å². The summed E-state index contributed by atoms with van der Waals surface area (Å²) < 4.78 is 0.